The molecule has 2 rings (SSSR count). The van der Waals surface area contributed by atoms with Crippen LogP contribution in [0.1, 0.15) is 36.8 Å². The molecule has 0 radical (unpaired) electrons. The van der Waals surface area contributed by atoms with E-state index >= 15 is 0 Å². The van der Waals surface area contributed by atoms with Gasteiger partial charge in [0.2, 0.25) is 0 Å². The van der Waals surface area contributed by atoms with Crippen LogP contribution in [0.15, 0.2) is 40.2 Å². The van der Waals surface area contributed by atoms with Gasteiger partial charge in [-0.15, -0.1) is 11.3 Å². The number of hydrogen-bond acceptors (Lipinski definition) is 3. The van der Waals surface area contributed by atoms with Gasteiger partial charge in [-0.25, -0.2) is 0 Å². The van der Waals surface area contributed by atoms with Crippen LogP contribution in [0.2, 0.25) is 0 Å². The van der Waals surface area contributed by atoms with E-state index in [0.717, 1.165) is 29.6 Å². The topological polar surface area (TPSA) is 21.3 Å². The lowest BCUT2D eigenvalue weighted by molar-refractivity contribution is 0.331. The number of para-hydroxylation sites is 1. The van der Waals surface area contributed by atoms with Crippen LogP contribution in [0.25, 0.3) is 0 Å². The first-order chi connectivity index (χ1) is 10.2. The Morgan fingerprint density at radius 3 is 2.76 bits per heavy atom. The maximum atomic E-state index is 5.79. The molecule has 0 bridgehead atoms. The van der Waals surface area contributed by atoms with Crippen LogP contribution >= 0.6 is 27.3 Å². The van der Waals surface area contributed by atoms with E-state index in [0.29, 0.717) is 12.6 Å². The summed E-state index contributed by atoms with van der Waals surface area (Å²) in [6.45, 7) is 5.93. The van der Waals surface area contributed by atoms with Crippen LogP contribution in [0.4, 0.5) is 0 Å². The molecule has 1 heterocycles. The van der Waals surface area contributed by atoms with Gasteiger partial charge in [-0.1, -0.05) is 25.1 Å². The van der Waals surface area contributed by atoms with Gasteiger partial charge in [0.1, 0.15) is 5.75 Å². The van der Waals surface area contributed by atoms with Gasteiger partial charge in [0, 0.05) is 32.8 Å². The van der Waals surface area contributed by atoms with Gasteiger partial charge < -0.3 is 10.1 Å². The smallest absolute Gasteiger partial charge is 0.124 e. The quantitative estimate of drug-likeness (QED) is 0.692. The molecule has 0 amide bonds. The molecule has 2 aromatic rings. The average Bonchev–Trinajstić information content (AvgIpc) is 2.90. The fourth-order valence-corrected chi connectivity index (χ4v) is 3.83. The largest absolute Gasteiger partial charge is 0.494 e. The molecule has 2 nitrogen and oxygen atoms in total. The lowest BCUT2D eigenvalue weighted by atomic mass is 10.0. The fourth-order valence-electron chi connectivity index (χ4n) is 2.33. The van der Waals surface area contributed by atoms with Crippen molar-refractivity contribution in [1.82, 2.24) is 5.32 Å². The molecule has 0 spiro atoms. The molecule has 0 aliphatic rings. The van der Waals surface area contributed by atoms with E-state index in [9.17, 15) is 0 Å². The first-order valence-corrected chi connectivity index (χ1v) is 9.09. The predicted octanol–water partition coefficient (Wildman–Crippen LogP) is 5.19. The summed E-state index contributed by atoms with van der Waals surface area (Å²) in [4.78, 5) is 1.38. The number of thiophene rings is 1. The minimum atomic E-state index is 0.290. The van der Waals surface area contributed by atoms with Gasteiger partial charge >= 0.3 is 0 Å². The van der Waals surface area contributed by atoms with Crippen molar-refractivity contribution in [2.24, 2.45) is 0 Å². The van der Waals surface area contributed by atoms with Gasteiger partial charge in [0.05, 0.1) is 6.61 Å². The summed E-state index contributed by atoms with van der Waals surface area (Å²) in [5.74, 6) is 0.990. The molecular formula is C17H22BrNOS. The monoisotopic (exact) mass is 367 g/mol. The number of halogens is 1. The zero-order valence-corrected chi connectivity index (χ0v) is 15.0. The summed E-state index contributed by atoms with van der Waals surface area (Å²) in [6, 6.07) is 10.8. The van der Waals surface area contributed by atoms with Crippen molar-refractivity contribution >= 4 is 27.3 Å². The van der Waals surface area contributed by atoms with E-state index in [1.165, 1.54) is 10.4 Å². The summed E-state index contributed by atoms with van der Waals surface area (Å²) in [5, 5.41) is 5.79. The third kappa shape index (κ3) is 4.83. The molecular weight excluding hydrogens is 346 g/mol. The van der Waals surface area contributed by atoms with Crippen molar-refractivity contribution in [3.63, 3.8) is 0 Å². The van der Waals surface area contributed by atoms with E-state index in [4.69, 9.17) is 4.74 Å². The summed E-state index contributed by atoms with van der Waals surface area (Å²) >= 11 is 5.33. The molecule has 1 atom stereocenters. The normalized spacial score (nSPS) is 12.3. The summed E-state index contributed by atoms with van der Waals surface area (Å²) in [5.41, 5.74) is 1.25. The summed E-state index contributed by atoms with van der Waals surface area (Å²) in [7, 11) is 0. The van der Waals surface area contributed by atoms with E-state index < -0.39 is 0 Å². The molecule has 4 heteroatoms. The van der Waals surface area contributed by atoms with Gasteiger partial charge in [-0.05, 0) is 48.0 Å². The maximum Gasteiger partial charge on any atom is 0.124 e. The Labute approximate surface area is 139 Å². The lowest BCUT2D eigenvalue weighted by Gasteiger charge is -2.21. The van der Waals surface area contributed by atoms with E-state index in [-0.39, 0.29) is 0 Å². The number of benzene rings is 1. The van der Waals surface area contributed by atoms with Crippen LogP contribution in [-0.2, 0) is 6.42 Å². The van der Waals surface area contributed by atoms with Crippen LogP contribution in [0.5, 0.6) is 5.75 Å². The van der Waals surface area contributed by atoms with Crippen LogP contribution in [-0.4, -0.2) is 13.2 Å². The Morgan fingerprint density at radius 1 is 1.29 bits per heavy atom. The predicted molar refractivity (Wildman–Crippen MR) is 94.4 cm³/mol. The highest BCUT2D eigenvalue weighted by atomic mass is 79.9. The molecule has 0 aliphatic heterocycles. The zero-order chi connectivity index (χ0) is 15.1. The molecule has 114 valence electrons. The third-order valence-electron chi connectivity index (χ3n) is 3.26. The molecule has 1 unspecified atom stereocenters. The van der Waals surface area contributed by atoms with Gasteiger partial charge in [-0.3, -0.25) is 0 Å². The molecule has 0 saturated heterocycles. The summed E-state index contributed by atoms with van der Waals surface area (Å²) < 4.78 is 6.96. The first-order valence-electron chi connectivity index (χ1n) is 7.42. The van der Waals surface area contributed by atoms with Crippen molar-refractivity contribution < 1.29 is 4.74 Å². The molecule has 0 saturated carbocycles. The highest BCUT2D eigenvalue weighted by Crippen LogP contribution is 2.30. The maximum absolute atomic E-state index is 5.79. The van der Waals surface area contributed by atoms with Crippen molar-refractivity contribution in [2.75, 3.05) is 13.2 Å². The highest BCUT2D eigenvalue weighted by Gasteiger charge is 2.16. The molecule has 21 heavy (non-hydrogen) atoms. The Balaban J connectivity index is 2.22. The standard InChI is InChI=1S/C17H22BrNOS/c1-3-9-19-16(11-14-10-13(18)12-21-14)15-7-5-6-8-17(15)20-4-2/h5-8,10,12,16,19H,3-4,9,11H2,1-2H3. The number of rotatable bonds is 8. The van der Waals surface area contributed by atoms with Gasteiger partial charge in [0.25, 0.3) is 0 Å². The Morgan fingerprint density at radius 2 is 2.10 bits per heavy atom. The Bertz CT molecular complexity index is 555. The van der Waals surface area contributed by atoms with Gasteiger partial charge in [-0.2, -0.15) is 0 Å². The first kappa shape index (κ1) is 16.5. The molecule has 1 aromatic heterocycles. The second kappa shape index (κ2) is 8.57. The van der Waals surface area contributed by atoms with Gasteiger partial charge in [0.15, 0.2) is 0 Å². The Kier molecular flexibility index (Phi) is 6.74. The number of ether oxygens (including phenoxy) is 1. The van der Waals surface area contributed by atoms with Crippen molar-refractivity contribution in [3.05, 3.63) is 50.6 Å². The molecule has 1 aromatic carbocycles. The third-order valence-corrected chi connectivity index (χ3v) is 4.98. The van der Waals surface area contributed by atoms with E-state index in [2.05, 4.69) is 57.8 Å². The molecule has 1 N–H and O–H groups in total. The molecule has 0 aliphatic carbocycles. The SMILES string of the molecule is CCCNC(Cc1cc(Br)cs1)c1ccccc1OCC. The van der Waals surface area contributed by atoms with Crippen molar-refractivity contribution in [1.29, 1.82) is 0 Å². The zero-order valence-electron chi connectivity index (χ0n) is 12.6. The minimum Gasteiger partial charge on any atom is -0.494 e. The van der Waals surface area contributed by atoms with Crippen LogP contribution < -0.4 is 10.1 Å². The molecule has 0 fully saturated rings. The fraction of sp³-hybridized carbons (Fsp3) is 0.412. The van der Waals surface area contributed by atoms with Crippen molar-refractivity contribution in [2.45, 2.75) is 32.7 Å². The summed E-state index contributed by atoms with van der Waals surface area (Å²) in [6.07, 6.45) is 2.11. The minimum absolute atomic E-state index is 0.290. The van der Waals surface area contributed by atoms with Crippen LogP contribution in [0, 0.1) is 0 Å². The number of hydrogen-bond donors (Lipinski definition) is 1. The van der Waals surface area contributed by atoms with E-state index in [1.807, 2.05) is 13.0 Å². The lowest BCUT2D eigenvalue weighted by Crippen LogP contribution is -2.24. The second-order valence-corrected chi connectivity index (χ2v) is 6.82. The second-order valence-electron chi connectivity index (χ2n) is 4.91. The average molecular weight is 368 g/mol. The number of nitrogens with one attached hydrogen (secondary N) is 1. The Hall–Kier alpha value is -0.840. The van der Waals surface area contributed by atoms with E-state index in [1.54, 1.807) is 11.3 Å². The van der Waals surface area contributed by atoms with Crippen molar-refractivity contribution in [3.8, 4) is 5.75 Å². The van der Waals surface area contributed by atoms with Crippen LogP contribution in [0.3, 0.4) is 0 Å². The highest BCUT2D eigenvalue weighted by molar-refractivity contribution is 9.10.